The van der Waals surface area contributed by atoms with Crippen LogP contribution >= 0.6 is 11.8 Å². The Hall–Kier alpha value is -1.79. The molecule has 2 heterocycles. The van der Waals surface area contributed by atoms with Crippen LogP contribution in [-0.2, 0) is 20.9 Å². The number of carbonyl (C=O) groups excluding carboxylic acids is 2. The normalized spacial score (nSPS) is 20.3. The van der Waals surface area contributed by atoms with Gasteiger partial charge in [-0.15, -0.1) is 11.8 Å². The molecule has 1 fully saturated rings. The number of carbonyl (C=O) groups is 2. The van der Waals surface area contributed by atoms with Crippen molar-refractivity contribution in [2.75, 3.05) is 6.54 Å². The maximum Gasteiger partial charge on any atom is 0.356 e. The summed E-state index contributed by atoms with van der Waals surface area (Å²) in [7, 11) is 0. The summed E-state index contributed by atoms with van der Waals surface area (Å²) in [5.41, 5.74) is 6.89. The third-order valence-corrected chi connectivity index (χ3v) is 4.80. The lowest BCUT2D eigenvalue weighted by Gasteiger charge is -2.34. The second-order valence-electron chi connectivity index (χ2n) is 4.91. The molecule has 1 atom stereocenters. The van der Waals surface area contributed by atoms with E-state index < -0.39 is 5.97 Å². The van der Waals surface area contributed by atoms with Crippen molar-refractivity contribution >= 4 is 23.6 Å². The van der Waals surface area contributed by atoms with E-state index in [4.69, 9.17) is 10.5 Å². The summed E-state index contributed by atoms with van der Waals surface area (Å²) < 4.78 is 5.34. The van der Waals surface area contributed by atoms with Gasteiger partial charge in [0.15, 0.2) is 0 Å². The third kappa shape index (κ3) is 2.69. The molecule has 2 aliphatic rings. The molecule has 1 aromatic rings. The number of hydrogen-bond donors (Lipinski definition) is 1. The van der Waals surface area contributed by atoms with Crippen molar-refractivity contribution in [3.8, 4) is 0 Å². The average Bonchev–Trinajstić information content (AvgIpc) is 2.79. The molecule has 1 aromatic carbocycles. The Bertz CT molecular complexity index is 600. The van der Waals surface area contributed by atoms with Gasteiger partial charge in [0.25, 0.3) is 0 Å². The lowest BCUT2D eigenvalue weighted by Crippen LogP contribution is -2.48. The fraction of sp³-hybridized carbons (Fsp3) is 0.333. The predicted octanol–water partition coefficient (Wildman–Crippen LogP) is 1.60. The number of amides is 1. The minimum atomic E-state index is -0.439. The van der Waals surface area contributed by atoms with Crippen LogP contribution < -0.4 is 5.73 Å². The number of hydrogen-bond acceptors (Lipinski definition) is 5. The van der Waals surface area contributed by atoms with Gasteiger partial charge in [-0.2, -0.15) is 0 Å². The van der Waals surface area contributed by atoms with E-state index in [1.54, 1.807) is 16.7 Å². The highest BCUT2D eigenvalue weighted by Crippen LogP contribution is 2.47. The van der Waals surface area contributed by atoms with E-state index in [9.17, 15) is 9.59 Å². The van der Waals surface area contributed by atoms with E-state index in [2.05, 4.69) is 0 Å². The molecule has 0 saturated carbocycles. The second kappa shape index (κ2) is 5.91. The molecule has 1 saturated heterocycles. The van der Waals surface area contributed by atoms with Crippen LogP contribution in [0, 0.1) is 0 Å². The van der Waals surface area contributed by atoms with Gasteiger partial charge in [-0.3, -0.25) is 9.69 Å². The smallest absolute Gasteiger partial charge is 0.356 e. The van der Waals surface area contributed by atoms with Crippen molar-refractivity contribution in [2.24, 2.45) is 5.73 Å². The van der Waals surface area contributed by atoms with Crippen molar-refractivity contribution in [1.82, 2.24) is 4.90 Å². The SMILES string of the molecule is NCCC1=C(C(=O)OCc2ccccc2)N2C(=O)CC2S1. The highest BCUT2D eigenvalue weighted by atomic mass is 32.2. The molecule has 2 N–H and O–H groups in total. The van der Waals surface area contributed by atoms with Gasteiger partial charge < -0.3 is 10.5 Å². The lowest BCUT2D eigenvalue weighted by atomic mass is 10.1. The van der Waals surface area contributed by atoms with Gasteiger partial charge in [0.05, 0.1) is 11.8 Å². The number of esters is 1. The highest BCUT2D eigenvalue weighted by Gasteiger charge is 2.48. The molecule has 1 unspecified atom stereocenters. The van der Waals surface area contributed by atoms with E-state index in [-0.39, 0.29) is 17.9 Å². The molecule has 0 bridgehead atoms. The summed E-state index contributed by atoms with van der Waals surface area (Å²) in [5.74, 6) is -0.462. The molecule has 0 radical (unpaired) electrons. The summed E-state index contributed by atoms with van der Waals surface area (Å²) in [6, 6.07) is 9.47. The molecular weight excluding hydrogens is 288 g/mol. The van der Waals surface area contributed by atoms with Crippen molar-refractivity contribution in [1.29, 1.82) is 0 Å². The number of fused-ring (bicyclic) bond motifs is 1. The van der Waals surface area contributed by atoms with Crippen molar-refractivity contribution < 1.29 is 14.3 Å². The predicted molar refractivity (Wildman–Crippen MR) is 79.8 cm³/mol. The van der Waals surface area contributed by atoms with E-state index >= 15 is 0 Å². The Morgan fingerprint density at radius 2 is 2.14 bits per heavy atom. The van der Waals surface area contributed by atoms with Gasteiger partial charge in [-0.25, -0.2) is 4.79 Å². The molecule has 0 aromatic heterocycles. The molecular formula is C15H16N2O3S. The first-order valence-electron chi connectivity index (χ1n) is 6.83. The molecule has 21 heavy (non-hydrogen) atoms. The van der Waals surface area contributed by atoms with Crippen LogP contribution in [0.1, 0.15) is 18.4 Å². The van der Waals surface area contributed by atoms with Crippen molar-refractivity contribution in [3.05, 3.63) is 46.5 Å². The number of nitrogens with two attached hydrogens (primary N) is 1. The Kier molecular flexibility index (Phi) is 3.98. The fourth-order valence-corrected chi connectivity index (χ4v) is 3.83. The minimum Gasteiger partial charge on any atom is -0.456 e. The molecule has 1 amide bonds. The van der Waals surface area contributed by atoms with Gasteiger partial charge >= 0.3 is 5.97 Å². The van der Waals surface area contributed by atoms with Crippen LogP contribution in [0.2, 0.25) is 0 Å². The summed E-state index contributed by atoms with van der Waals surface area (Å²) in [5, 5.41) is 0.0540. The fourth-order valence-electron chi connectivity index (χ4n) is 2.42. The Labute approximate surface area is 127 Å². The van der Waals surface area contributed by atoms with E-state index in [1.807, 2.05) is 30.3 Å². The number of benzene rings is 1. The first-order valence-corrected chi connectivity index (χ1v) is 7.71. The monoisotopic (exact) mass is 304 g/mol. The number of thioether (sulfide) groups is 1. The van der Waals surface area contributed by atoms with Crippen molar-refractivity contribution in [3.63, 3.8) is 0 Å². The van der Waals surface area contributed by atoms with Crippen LogP contribution in [0.4, 0.5) is 0 Å². The molecule has 2 aliphatic heterocycles. The number of ether oxygens (including phenoxy) is 1. The van der Waals surface area contributed by atoms with Gasteiger partial charge in [0.2, 0.25) is 5.91 Å². The topological polar surface area (TPSA) is 72.6 Å². The van der Waals surface area contributed by atoms with Crippen LogP contribution in [0.5, 0.6) is 0 Å². The van der Waals surface area contributed by atoms with E-state index in [0.717, 1.165) is 10.5 Å². The summed E-state index contributed by atoms with van der Waals surface area (Å²) in [4.78, 5) is 26.4. The zero-order valence-electron chi connectivity index (χ0n) is 11.5. The molecule has 0 aliphatic carbocycles. The van der Waals surface area contributed by atoms with E-state index in [0.29, 0.717) is 25.1 Å². The summed E-state index contributed by atoms with van der Waals surface area (Å²) in [6.07, 6.45) is 1.08. The maximum absolute atomic E-state index is 12.3. The van der Waals surface area contributed by atoms with E-state index in [1.165, 1.54) is 0 Å². The lowest BCUT2D eigenvalue weighted by molar-refractivity contribution is -0.149. The standard InChI is InChI=1S/C15H16N2O3S/c16-7-6-11-14(17-12(18)8-13(17)21-11)15(19)20-9-10-4-2-1-3-5-10/h1-5,13H,6-9,16H2. The van der Waals surface area contributed by atoms with Crippen LogP contribution in [-0.4, -0.2) is 28.7 Å². The minimum absolute atomic E-state index is 0.0221. The second-order valence-corrected chi connectivity index (χ2v) is 6.19. The number of nitrogens with zero attached hydrogens (tertiary/aromatic N) is 1. The zero-order valence-corrected chi connectivity index (χ0v) is 12.3. The average molecular weight is 304 g/mol. The van der Waals surface area contributed by atoms with Gasteiger partial charge in [0.1, 0.15) is 12.3 Å². The quantitative estimate of drug-likeness (QED) is 0.661. The van der Waals surface area contributed by atoms with Crippen LogP contribution in [0.25, 0.3) is 0 Å². The third-order valence-electron chi connectivity index (χ3n) is 3.47. The maximum atomic E-state index is 12.3. The Morgan fingerprint density at radius 3 is 2.81 bits per heavy atom. The first kappa shape index (κ1) is 14.2. The van der Waals surface area contributed by atoms with Gasteiger partial charge in [-0.1, -0.05) is 30.3 Å². The van der Waals surface area contributed by atoms with Crippen LogP contribution in [0.15, 0.2) is 40.9 Å². The first-order chi connectivity index (χ1) is 10.2. The number of rotatable bonds is 5. The largest absolute Gasteiger partial charge is 0.456 e. The van der Waals surface area contributed by atoms with Gasteiger partial charge in [-0.05, 0) is 18.5 Å². The Balaban J connectivity index is 1.72. The van der Waals surface area contributed by atoms with Crippen molar-refractivity contribution in [2.45, 2.75) is 24.8 Å². The molecule has 6 heteroatoms. The van der Waals surface area contributed by atoms with Gasteiger partial charge in [0, 0.05) is 4.91 Å². The number of β-lactam (4-membered cyclic amide) rings is 1. The molecule has 110 valence electrons. The van der Waals surface area contributed by atoms with Crippen LogP contribution in [0.3, 0.4) is 0 Å². The highest BCUT2D eigenvalue weighted by molar-refractivity contribution is 8.04. The molecule has 5 nitrogen and oxygen atoms in total. The Morgan fingerprint density at radius 1 is 1.38 bits per heavy atom. The molecule has 3 rings (SSSR count). The summed E-state index contributed by atoms with van der Waals surface area (Å²) >= 11 is 1.55. The zero-order chi connectivity index (χ0) is 14.8. The summed E-state index contributed by atoms with van der Waals surface area (Å²) in [6.45, 7) is 0.656. The molecule has 0 spiro atoms.